The maximum Gasteiger partial charge on any atom is 0.252 e. The molecule has 0 N–H and O–H groups in total. The van der Waals surface area contributed by atoms with E-state index in [9.17, 15) is 4.79 Å². The van der Waals surface area contributed by atoms with Crippen LogP contribution in [-0.4, -0.2) is 23.3 Å². The third kappa shape index (κ3) is 4.62. The van der Waals surface area contributed by atoms with Gasteiger partial charge in [0.25, 0.3) is 5.91 Å². The van der Waals surface area contributed by atoms with Crippen LogP contribution in [0.5, 0.6) is 5.75 Å². The van der Waals surface area contributed by atoms with E-state index in [2.05, 4.69) is 10.9 Å². The largest absolute Gasteiger partial charge is 0.494 e. The van der Waals surface area contributed by atoms with Gasteiger partial charge in [-0.05, 0) is 49.1 Å². The summed E-state index contributed by atoms with van der Waals surface area (Å²) >= 11 is 3.12. The fraction of sp³-hybridized carbons (Fsp3) is 0.238. The molecule has 0 saturated heterocycles. The molecule has 0 radical (unpaired) electrons. The smallest absolute Gasteiger partial charge is 0.252 e. The summed E-state index contributed by atoms with van der Waals surface area (Å²) in [5, 5.41) is 0. The van der Waals surface area contributed by atoms with Crippen molar-refractivity contribution >= 4 is 39.2 Å². The Morgan fingerprint density at radius 1 is 1.30 bits per heavy atom. The number of hydrogen-bond donors (Lipinski definition) is 0. The van der Waals surface area contributed by atoms with Crippen molar-refractivity contribution in [3.05, 3.63) is 52.8 Å². The zero-order valence-corrected chi connectivity index (χ0v) is 16.9. The number of hydrogen-bond acceptors (Lipinski definition) is 4. The van der Waals surface area contributed by atoms with Gasteiger partial charge in [0.1, 0.15) is 5.75 Å². The molecule has 0 aliphatic heterocycles. The van der Waals surface area contributed by atoms with E-state index in [4.69, 9.17) is 11.2 Å². The normalized spacial score (nSPS) is 11.5. The van der Waals surface area contributed by atoms with E-state index >= 15 is 0 Å². The standard InChI is InChI=1S/C21H20N2O2S2/c1-4-12-23-18-11-8-16(25-5-2)14-19(18)27-21(23)22-20(24)13-15-6-9-17(26-3)10-7-15/h1,6-11,14H,5,12-13H2,2-3H3. The van der Waals surface area contributed by atoms with Gasteiger partial charge in [-0.2, -0.15) is 4.99 Å². The van der Waals surface area contributed by atoms with Gasteiger partial charge in [-0.3, -0.25) is 4.79 Å². The lowest BCUT2D eigenvalue weighted by molar-refractivity contribution is -0.117. The Bertz CT molecular complexity index is 1060. The predicted octanol–water partition coefficient (Wildman–Crippen LogP) is 4.13. The fourth-order valence-corrected chi connectivity index (χ4v) is 4.19. The number of terminal acetylenes is 1. The number of fused-ring (bicyclic) bond motifs is 1. The Kier molecular flexibility index (Phi) is 6.38. The maximum absolute atomic E-state index is 12.5. The second-order valence-electron chi connectivity index (χ2n) is 5.77. The van der Waals surface area contributed by atoms with Gasteiger partial charge in [-0.15, -0.1) is 18.2 Å². The van der Waals surface area contributed by atoms with Crippen LogP contribution in [0, 0.1) is 12.3 Å². The Morgan fingerprint density at radius 3 is 2.74 bits per heavy atom. The second-order valence-corrected chi connectivity index (χ2v) is 7.66. The van der Waals surface area contributed by atoms with Crippen LogP contribution >= 0.6 is 23.1 Å². The number of thioether (sulfide) groups is 1. The topological polar surface area (TPSA) is 43.6 Å². The van der Waals surface area contributed by atoms with Gasteiger partial charge in [0.15, 0.2) is 4.80 Å². The first-order chi connectivity index (χ1) is 13.1. The monoisotopic (exact) mass is 396 g/mol. The minimum Gasteiger partial charge on any atom is -0.494 e. The van der Waals surface area contributed by atoms with Gasteiger partial charge in [0.05, 0.1) is 29.8 Å². The molecule has 2 aromatic carbocycles. The lowest BCUT2D eigenvalue weighted by atomic mass is 10.1. The van der Waals surface area contributed by atoms with Crippen molar-refractivity contribution in [3.63, 3.8) is 0 Å². The first kappa shape index (κ1) is 19.3. The molecule has 1 amide bonds. The van der Waals surface area contributed by atoms with Crippen molar-refractivity contribution < 1.29 is 9.53 Å². The zero-order valence-electron chi connectivity index (χ0n) is 15.3. The number of rotatable bonds is 6. The van der Waals surface area contributed by atoms with Crippen molar-refractivity contribution in [2.24, 2.45) is 4.99 Å². The van der Waals surface area contributed by atoms with E-state index in [0.717, 1.165) is 21.5 Å². The summed E-state index contributed by atoms with van der Waals surface area (Å²) < 4.78 is 8.45. The number of carbonyl (C=O) groups is 1. The van der Waals surface area contributed by atoms with Crippen molar-refractivity contribution in [2.75, 3.05) is 12.9 Å². The molecule has 3 rings (SSSR count). The van der Waals surface area contributed by atoms with Crippen molar-refractivity contribution in [3.8, 4) is 18.1 Å². The Morgan fingerprint density at radius 2 is 2.07 bits per heavy atom. The van der Waals surface area contributed by atoms with Gasteiger partial charge in [0, 0.05) is 4.90 Å². The van der Waals surface area contributed by atoms with Crippen LogP contribution in [0.4, 0.5) is 0 Å². The molecule has 1 aromatic heterocycles. The van der Waals surface area contributed by atoms with Crippen molar-refractivity contribution in [2.45, 2.75) is 24.8 Å². The van der Waals surface area contributed by atoms with Gasteiger partial charge in [-0.1, -0.05) is 29.4 Å². The second kappa shape index (κ2) is 8.94. The van der Waals surface area contributed by atoms with E-state index < -0.39 is 0 Å². The maximum atomic E-state index is 12.5. The average molecular weight is 397 g/mol. The van der Waals surface area contributed by atoms with E-state index in [1.165, 1.54) is 16.2 Å². The van der Waals surface area contributed by atoms with E-state index in [1.54, 1.807) is 11.8 Å². The number of benzene rings is 2. The molecule has 0 aliphatic carbocycles. The molecule has 3 aromatic rings. The Labute approximate surface area is 166 Å². The number of amides is 1. The summed E-state index contributed by atoms with van der Waals surface area (Å²) in [7, 11) is 0. The van der Waals surface area contributed by atoms with Crippen molar-refractivity contribution in [1.29, 1.82) is 0 Å². The molecule has 1 heterocycles. The molecule has 27 heavy (non-hydrogen) atoms. The van der Waals surface area contributed by atoms with Crippen LogP contribution in [-0.2, 0) is 17.8 Å². The highest BCUT2D eigenvalue weighted by Crippen LogP contribution is 2.23. The molecular weight excluding hydrogens is 376 g/mol. The Balaban J connectivity index is 1.94. The molecule has 0 bridgehead atoms. The van der Waals surface area contributed by atoms with Crippen molar-refractivity contribution in [1.82, 2.24) is 4.57 Å². The lowest BCUT2D eigenvalue weighted by Gasteiger charge is -2.03. The summed E-state index contributed by atoms with van der Waals surface area (Å²) in [5.74, 6) is 3.25. The predicted molar refractivity (Wildman–Crippen MR) is 112 cm³/mol. The summed E-state index contributed by atoms with van der Waals surface area (Å²) in [5.41, 5.74) is 1.90. The third-order valence-corrected chi connectivity index (χ3v) is 5.73. The number of nitrogens with zero attached hydrogens (tertiary/aromatic N) is 2. The molecule has 4 nitrogen and oxygen atoms in total. The molecule has 6 heteroatoms. The van der Waals surface area contributed by atoms with Crippen LogP contribution in [0.25, 0.3) is 10.2 Å². The molecule has 0 aliphatic rings. The number of carbonyl (C=O) groups excluding carboxylic acids is 1. The van der Waals surface area contributed by atoms with Crippen LogP contribution in [0.3, 0.4) is 0 Å². The fourth-order valence-electron chi connectivity index (χ4n) is 2.70. The number of aromatic nitrogens is 1. The van der Waals surface area contributed by atoms with E-state index in [1.807, 2.05) is 60.2 Å². The van der Waals surface area contributed by atoms with Gasteiger partial charge >= 0.3 is 0 Å². The SMILES string of the molecule is C#CCn1c(=NC(=O)Cc2ccc(SC)cc2)sc2cc(OCC)ccc21. The molecule has 0 unspecified atom stereocenters. The molecule has 138 valence electrons. The summed E-state index contributed by atoms with van der Waals surface area (Å²) in [6.45, 7) is 2.91. The molecule has 0 fully saturated rings. The average Bonchev–Trinajstić information content (AvgIpc) is 2.99. The van der Waals surface area contributed by atoms with Gasteiger partial charge in [0.2, 0.25) is 0 Å². The molecule has 0 spiro atoms. The quantitative estimate of drug-likeness (QED) is 0.465. The van der Waals surface area contributed by atoms with E-state index in [0.29, 0.717) is 18.0 Å². The van der Waals surface area contributed by atoms with Crippen LogP contribution < -0.4 is 9.54 Å². The first-order valence-electron chi connectivity index (χ1n) is 8.54. The van der Waals surface area contributed by atoms with Crippen LogP contribution in [0.2, 0.25) is 0 Å². The van der Waals surface area contributed by atoms with E-state index in [-0.39, 0.29) is 12.3 Å². The van der Waals surface area contributed by atoms with Gasteiger partial charge in [-0.25, -0.2) is 0 Å². The molecule has 0 atom stereocenters. The Hall–Kier alpha value is -2.49. The first-order valence-corrected chi connectivity index (χ1v) is 10.6. The van der Waals surface area contributed by atoms with Crippen LogP contribution in [0.15, 0.2) is 52.4 Å². The summed E-state index contributed by atoms with van der Waals surface area (Å²) in [6.07, 6.45) is 7.81. The zero-order chi connectivity index (χ0) is 19.2. The summed E-state index contributed by atoms with van der Waals surface area (Å²) in [6, 6.07) is 13.8. The highest BCUT2D eigenvalue weighted by atomic mass is 32.2. The minimum absolute atomic E-state index is 0.186. The highest BCUT2D eigenvalue weighted by Gasteiger charge is 2.09. The van der Waals surface area contributed by atoms with Gasteiger partial charge < -0.3 is 9.30 Å². The summed E-state index contributed by atoms with van der Waals surface area (Å²) in [4.78, 5) is 18.6. The number of thiazole rings is 1. The lowest BCUT2D eigenvalue weighted by Crippen LogP contribution is -2.17. The molecule has 0 saturated carbocycles. The number of ether oxygens (including phenoxy) is 1. The minimum atomic E-state index is -0.186. The van der Waals surface area contributed by atoms with Crippen LogP contribution in [0.1, 0.15) is 12.5 Å². The third-order valence-electron chi connectivity index (χ3n) is 3.95. The molecular formula is C21H20N2O2S2. The highest BCUT2D eigenvalue weighted by molar-refractivity contribution is 7.98.